The molecule has 2 N–H and O–H groups in total. The van der Waals surface area contributed by atoms with Crippen LogP contribution in [0, 0.1) is 5.41 Å². The largest absolute Gasteiger partial charge is 0.465 e. The Kier molecular flexibility index (Phi) is 11.5. The fourth-order valence-electron chi connectivity index (χ4n) is 2.13. The zero-order chi connectivity index (χ0) is 21.5. The SMILES string of the molecule is CCCOC(=O)CN(C)C(=N)NC(=O)OCCCCOC(=O)Cc1ccccc1. The van der Waals surface area contributed by atoms with Crippen molar-refractivity contribution in [2.45, 2.75) is 32.6 Å². The van der Waals surface area contributed by atoms with Gasteiger partial charge in [-0.2, -0.15) is 0 Å². The number of nitrogens with zero attached hydrogens (tertiary/aromatic N) is 1. The van der Waals surface area contributed by atoms with E-state index in [2.05, 4.69) is 5.32 Å². The molecule has 0 fully saturated rings. The first-order valence-electron chi connectivity index (χ1n) is 9.51. The maximum atomic E-state index is 11.7. The van der Waals surface area contributed by atoms with Crippen LogP contribution in [0.3, 0.4) is 0 Å². The highest BCUT2D eigenvalue weighted by molar-refractivity contribution is 5.93. The second kappa shape index (κ2) is 14.0. The molecule has 29 heavy (non-hydrogen) atoms. The molecule has 0 saturated heterocycles. The van der Waals surface area contributed by atoms with Crippen LogP contribution in [0.4, 0.5) is 4.79 Å². The summed E-state index contributed by atoms with van der Waals surface area (Å²) in [7, 11) is 1.49. The van der Waals surface area contributed by atoms with Crippen LogP contribution in [0.1, 0.15) is 31.7 Å². The Morgan fingerprint density at radius 3 is 2.24 bits per heavy atom. The standard InChI is InChI=1S/C20H29N3O6/c1-3-11-27-18(25)15-23(2)19(21)22-20(26)29-13-8-7-12-28-17(24)14-16-9-5-4-6-10-16/h4-6,9-10H,3,7-8,11-15H2,1-2H3,(H2,21,22,26). The van der Waals surface area contributed by atoms with Crippen molar-refractivity contribution in [2.75, 3.05) is 33.4 Å². The molecule has 160 valence electrons. The van der Waals surface area contributed by atoms with Crippen LogP contribution < -0.4 is 5.32 Å². The molecule has 0 aliphatic heterocycles. The smallest absolute Gasteiger partial charge is 0.413 e. The van der Waals surface area contributed by atoms with Crippen LogP contribution in [-0.4, -0.2) is 62.3 Å². The molecule has 9 nitrogen and oxygen atoms in total. The van der Waals surface area contributed by atoms with Gasteiger partial charge < -0.3 is 19.1 Å². The number of ether oxygens (including phenoxy) is 3. The Hall–Kier alpha value is -3.10. The zero-order valence-electron chi connectivity index (χ0n) is 16.9. The molecule has 0 saturated carbocycles. The van der Waals surface area contributed by atoms with Gasteiger partial charge in [0.15, 0.2) is 0 Å². The van der Waals surface area contributed by atoms with Gasteiger partial charge in [-0.05, 0) is 24.8 Å². The van der Waals surface area contributed by atoms with E-state index in [0.717, 1.165) is 5.56 Å². The lowest BCUT2D eigenvalue weighted by molar-refractivity contribution is -0.144. The van der Waals surface area contributed by atoms with Crippen LogP contribution >= 0.6 is 0 Å². The quantitative estimate of drug-likeness (QED) is 0.190. The summed E-state index contributed by atoms with van der Waals surface area (Å²) in [5.41, 5.74) is 0.892. The van der Waals surface area contributed by atoms with Crippen molar-refractivity contribution in [2.24, 2.45) is 0 Å². The molecule has 0 aromatic heterocycles. The summed E-state index contributed by atoms with van der Waals surface area (Å²) in [6, 6.07) is 9.32. The minimum atomic E-state index is -0.787. The second-order valence-electron chi connectivity index (χ2n) is 6.28. The fraction of sp³-hybridized carbons (Fsp3) is 0.500. The van der Waals surface area contributed by atoms with Crippen molar-refractivity contribution in [1.82, 2.24) is 10.2 Å². The van der Waals surface area contributed by atoms with Crippen molar-refractivity contribution in [1.29, 1.82) is 5.41 Å². The predicted octanol–water partition coefficient (Wildman–Crippen LogP) is 2.10. The molecule has 0 aliphatic carbocycles. The van der Waals surface area contributed by atoms with Crippen LogP contribution in [0.2, 0.25) is 0 Å². The minimum Gasteiger partial charge on any atom is -0.465 e. The summed E-state index contributed by atoms with van der Waals surface area (Å²) >= 11 is 0. The summed E-state index contributed by atoms with van der Waals surface area (Å²) in [4.78, 5) is 36.1. The summed E-state index contributed by atoms with van der Waals surface area (Å²) in [6.45, 7) is 2.42. The highest BCUT2D eigenvalue weighted by Crippen LogP contribution is 2.01. The molecule has 1 aromatic rings. The lowest BCUT2D eigenvalue weighted by atomic mass is 10.2. The highest BCUT2D eigenvalue weighted by Gasteiger charge is 2.14. The maximum Gasteiger partial charge on any atom is 0.413 e. The molecule has 0 spiro atoms. The Bertz CT molecular complexity index is 665. The van der Waals surface area contributed by atoms with E-state index in [4.69, 9.17) is 19.6 Å². The lowest BCUT2D eigenvalue weighted by Crippen LogP contribution is -2.44. The lowest BCUT2D eigenvalue weighted by Gasteiger charge is -2.19. The molecular weight excluding hydrogens is 378 g/mol. The van der Waals surface area contributed by atoms with E-state index in [-0.39, 0.29) is 38.1 Å². The van der Waals surface area contributed by atoms with Gasteiger partial charge in [0.25, 0.3) is 0 Å². The van der Waals surface area contributed by atoms with Gasteiger partial charge in [0.05, 0.1) is 26.2 Å². The third-order valence-electron chi connectivity index (χ3n) is 3.66. The second-order valence-corrected chi connectivity index (χ2v) is 6.28. The molecule has 0 aliphatic rings. The Morgan fingerprint density at radius 2 is 1.59 bits per heavy atom. The number of unbranched alkanes of at least 4 members (excludes halogenated alkanes) is 1. The zero-order valence-corrected chi connectivity index (χ0v) is 16.9. The number of carbonyl (C=O) groups is 3. The number of alkyl carbamates (subject to hydrolysis) is 1. The number of carbonyl (C=O) groups excluding carboxylic acids is 3. The molecule has 0 heterocycles. The monoisotopic (exact) mass is 407 g/mol. The molecule has 0 bridgehead atoms. The average molecular weight is 407 g/mol. The van der Waals surface area contributed by atoms with E-state index in [1.54, 1.807) is 0 Å². The average Bonchev–Trinajstić information content (AvgIpc) is 2.69. The Morgan fingerprint density at radius 1 is 0.966 bits per heavy atom. The third-order valence-corrected chi connectivity index (χ3v) is 3.66. The number of benzene rings is 1. The summed E-state index contributed by atoms with van der Waals surface area (Å²) in [5, 5.41) is 9.96. The van der Waals surface area contributed by atoms with Crippen molar-refractivity contribution < 1.29 is 28.6 Å². The topological polar surface area (TPSA) is 118 Å². The first-order chi connectivity index (χ1) is 13.9. The third kappa shape index (κ3) is 11.4. The van der Waals surface area contributed by atoms with Crippen molar-refractivity contribution in [3.63, 3.8) is 0 Å². The number of hydrogen-bond acceptors (Lipinski definition) is 7. The van der Waals surface area contributed by atoms with Gasteiger partial charge >= 0.3 is 18.0 Å². The van der Waals surface area contributed by atoms with Gasteiger partial charge in [-0.15, -0.1) is 0 Å². The van der Waals surface area contributed by atoms with E-state index in [0.29, 0.717) is 25.9 Å². The number of esters is 2. The van der Waals surface area contributed by atoms with Gasteiger partial charge in [0.1, 0.15) is 6.54 Å². The molecule has 1 aromatic carbocycles. The van der Waals surface area contributed by atoms with Crippen molar-refractivity contribution >= 4 is 24.0 Å². The molecule has 1 rings (SSSR count). The Labute approximate surface area is 170 Å². The van der Waals surface area contributed by atoms with Crippen LogP contribution in [-0.2, 0) is 30.2 Å². The number of nitrogens with one attached hydrogen (secondary N) is 2. The summed E-state index contributed by atoms with van der Waals surface area (Å²) in [5.74, 6) is -1.04. The van der Waals surface area contributed by atoms with Crippen molar-refractivity contribution in [3.05, 3.63) is 35.9 Å². The number of likely N-dealkylation sites (N-methyl/N-ethyl adjacent to an activating group) is 1. The van der Waals surface area contributed by atoms with Crippen LogP contribution in [0.25, 0.3) is 0 Å². The van der Waals surface area contributed by atoms with E-state index < -0.39 is 12.1 Å². The molecule has 0 unspecified atom stereocenters. The number of amides is 1. The summed E-state index contributed by atoms with van der Waals surface area (Å²) in [6.07, 6.45) is 1.21. The molecule has 1 amide bonds. The summed E-state index contributed by atoms with van der Waals surface area (Å²) < 4.78 is 15.0. The molecular formula is C20H29N3O6. The Balaban J connectivity index is 2.09. The van der Waals surface area contributed by atoms with Gasteiger partial charge in [0, 0.05) is 7.05 Å². The number of rotatable bonds is 11. The first-order valence-corrected chi connectivity index (χ1v) is 9.51. The van der Waals surface area contributed by atoms with Crippen LogP contribution in [0.15, 0.2) is 30.3 Å². The van der Waals surface area contributed by atoms with E-state index in [9.17, 15) is 14.4 Å². The van der Waals surface area contributed by atoms with E-state index >= 15 is 0 Å². The number of hydrogen-bond donors (Lipinski definition) is 2. The van der Waals surface area contributed by atoms with Gasteiger partial charge in [-0.3, -0.25) is 20.3 Å². The first kappa shape index (κ1) is 23.9. The fourth-order valence-corrected chi connectivity index (χ4v) is 2.13. The predicted molar refractivity (Wildman–Crippen MR) is 106 cm³/mol. The van der Waals surface area contributed by atoms with Crippen molar-refractivity contribution in [3.8, 4) is 0 Å². The highest BCUT2D eigenvalue weighted by atomic mass is 16.6. The van der Waals surface area contributed by atoms with Crippen LogP contribution in [0.5, 0.6) is 0 Å². The van der Waals surface area contributed by atoms with Gasteiger partial charge in [-0.1, -0.05) is 37.3 Å². The number of guanidine groups is 1. The van der Waals surface area contributed by atoms with Gasteiger partial charge in [0.2, 0.25) is 5.96 Å². The molecule has 9 heteroatoms. The minimum absolute atomic E-state index is 0.123. The van der Waals surface area contributed by atoms with E-state index in [1.165, 1.54) is 11.9 Å². The van der Waals surface area contributed by atoms with E-state index in [1.807, 2.05) is 37.3 Å². The molecule has 0 radical (unpaired) electrons. The van der Waals surface area contributed by atoms with Gasteiger partial charge in [-0.25, -0.2) is 4.79 Å². The normalized spacial score (nSPS) is 10.0. The maximum absolute atomic E-state index is 11.7. The molecule has 0 atom stereocenters.